The predicted molar refractivity (Wildman–Crippen MR) is 83.4 cm³/mol. The van der Waals surface area contributed by atoms with E-state index in [2.05, 4.69) is 12.1 Å². The number of benzene rings is 2. The van der Waals surface area contributed by atoms with Crippen LogP contribution in [-0.2, 0) is 16.4 Å². The Morgan fingerprint density at radius 1 is 1.05 bits per heavy atom. The topological polar surface area (TPSA) is 37.4 Å². The highest BCUT2D eigenvalue weighted by molar-refractivity contribution is 7.89. The van der Waals surface area contributed by atoms with Gasteiger partial charge in [0.15, 0.2) is 0 Å². The largest absolute Gasteiger partial charge is 0.243 e. The van der Waals surface area contributed by atoms with Gasteiger partial charge in [-0.05, 0) is 48.6 Å². The quantitative estimate of drug-likeness (QED) is 0.868. The van der Waals surface area contributed by atoms with Crippen molar-refractivity contribution >= 4 is 10.0 Å². The summed E-state index contributed by atoms with van der Waals surface area (Å²) in [6, 6.07) is 15.1. The van der Waals surface area contributed by atoms with E-state index in [1.165, 1.54) is 34.1 Å². The molecule has 1 aliphatic rings. The number of rotatable bonds is 4. The minimum atomic E-state index is -3.51. The summed E-state index contributed by atoms with van der Waals surface area (Å²) in [6.45, 7) is 1.05. The first-order valence-electron chi connectivity index (χ1n) is 7.35. The highest BCUT2D eigenvalue weighted by atomic mass is 32.2. The van der Waals surface area contributed by atoms with Crippen molar-refractivity contribution in [3.63, 3.8) is 0 Å². The van der Waals surface area contributed by atoms with E-state index >= 15 is 0 Å². The maximum absolute atomic E-state index is 12.9. The van der Waals surface area contributed by atoms with E-state index in [1.807, 2.05) is 18.2 Å². The molecule has 22 heavy (non-hydrogen) atoms. The Balaban J connectivity index is 1.70. The number of hydrogen-bond acceptors (Lipinski definition) is 2. The molecule has 0 aromatic heterocycles. The molecule has 0 spiro atoms. The summed E-state index contributed by atoms with van der Waals surface area (Å²) in [7, 11) is -3.51. The van der Waals surface area contributed by atoms with Crippen molar-refractivity contribution in [2.75, 3.05) is 13.1 Å². The first-order valence-corrected chi connectivity index (χ1v) is 8.79. The summed E-state index contributed by atoms with van der Waals surface area (Å²) in [5.41, 5.74) is 1.23. The third-order valence-electron chi connectivity index (χ3n) is 4.07. The van der Waals surface area contributed by atoms with Crippen LogP contribution in [0.1, 0.15) is 12.0 Å². The normalized spacial score (nSPS) is 19.4. The lowest BCUT2D eigenvalue weighted by atomic mass is 9.99. The van der Waals surface area contributed by atoms with E-state index in [9.17, 15) is 12.8 Å². The Kier molecular flexibility index (Phi) is 4.27. The summed E-state index contributed by atoms with van der Waals surface area (Å²) in [4.78, 5) is 0.161. The van der Waals surface area contributed by atoms with Crippen LogP contribution >= 0.6 is 0 Å². The number of sulfonamides is 1. The van der Waals surface area contributed by atoms with Crippen molar-refractivity contribution in [3.05, 3.63) is 66.0 Å². The van der Waals surface area contributed by atoms with Crippen LogP contribution in [0.5, 0.6) is 0 Å². The van der Waals surface area contributed by atoms with Crippen molar-refractivity contribution in [2.24, 2.45) is 5.92 Å². The molecule has 116 valence electrons. The molecule has 1 unspecified atom stereocenters. The molecule has 1 saturated heterocycles. The fourth-order valence-corrected chi connectivity index (χ4v) is 4.42. The van der Waals surface area contributed by atoms with E-state index in [4.69, 9.17) is 0 Å². The molecular weight excluding hydrogens is 301 g/mol. The lowest BCUT2D eigenvalue weighted by Gasteiger charge is -2.16. The van der Waals surface area contributed by atoms with Gasteiger partial charge in [-0.3, -0.25) is 0 Å². The molecule has 0 aliphatic carbocycles. The highest BCUT2D eigenvalue weighted by Crippen LogP contribution is 2.26. The Hall–Kier alpha value is -1.72. The van der Waals surface area contributed by atoms with Gasteiger partial charge in [-0.25, -0.2) is 12.8 Å². The Labute approximate surface area is 130 Å². The molecule has 1 heterocycles. The van der Waals surface area contributed by atoms with Crippen LogP contribution in [0.15, 0.2) is 59.5 Å². The average molecular weight is 319 g/mol. The molecule has 1 atom stereocenters. The lowest BCUT2D eigenvalue weighted by molar-refractivity contribution is 0.456. The number of nitrogens with zero attached hydrogens (tertiary/aromatic N) is 1. The van der Waals surface area contributed by atoms with Crippen molar-refractivity contribution in [3.8, 4) is 0 Å². The SMILES string of the molecule is O=S(=O)(c1ccc(F)cc1)N1CCC(Cc2ccccc2)C1. The van der Waals surface area contributed by atoms with Gasteiger partial charge < -0.3 is 0 Å². The van der Waals surface area contributed by atoms with Crippen LogP contribution in [0.3, 0.4) is 0 Å². The Morgan fingerprint density at radius 2 is 1.73 bits per heavy atom. The molecule has 3 nitrogen and oxygen atoms in total. The van der Waals surface area contributed by atoms with Crippen LogP contribution in [-0.4, -0.2) is 25.8 Å². The van der Waals surface area contributed by atoms with Gasteiger partial charge in [0.25, 0.3) is 0 Å². The Bertz CT molecular complexity index is 729. The molecule has 1 aliphatic heterocycles. The summed E-state index contributed by atoms with van der Waals surface area (Å²) in [5, 5.41) is 0. The second-order valence-electron chi connectivity index (χ2n) is 5.66. The number of hydrogen-bond donors (Lipinski definition) is 0. The second kappa shape index (κ2) is 6.18. The molecule has 5 heteroatoms. The second-order valence-corrected chi connectivity index (χ2v) is 7.60. The summed E-state index contributed by atoms with van der Waals surface area (Å²) in [6.07, 6.45) is 1.74. The van der Waals surface area contributed by atoms with Gasteiger partial charge in [0.05, 0.1) is 4.90 Å². The third-order valence-corrected chi connectivity index (χ3v) is 5.95. The van der Waals surface area contributed by atoms with Gasteiger partial charge >= 0.3 is 0 Å². The fraction of sp³-hybridized carbons (Fsp3) is 0.294. The molecule has 0 N–H and O–H groups in total. The maximum Gasteiger partial charge on any atom is 0.243 e. The molecule has 2 aromatic rings. The van der Waals surface area contributed by atoms with Gasteiger partial charge in [-0.15, -0.1) is 0 Å². The average Bonchev–Trinajstić information content (AvgIpc) is 2.98. The summed E-state index contributed by atoms with van der Waals surface area (Å²) in [5.74, 6) is -0.0973. The van der Waals surface area contributed by atoms with Gasteiger partial charge in [0, 0.05) is 13.1 Å². The third kappa shape index (κ3) is 3.20. The van der Waals surface area contributed by atoms with Crippen LogP contribution in [0, 0.1) is 11.7 Å². The Morgan fingerprint density at radius 3 is 2.41 bits per heavy atom. The van der Waals surface area contributed by atoms with E-state index in [0.29, 0.717) is 19.0 Å². The molecule has 1 fully saturated rings. The van der Waals surface area contributed by atoms with Gasteiger partial charge in [-0.2, -0.15) is 4.31 Å². The van der Waals surface area contributed by atoms with Crippen LogP contribution < -0.4 is 0 Å². The van der Waals surface area contributed by atoms with Crippen LogP contribution in [0.2, 0.25) is 0 Å². The summed E-state index contributed by atoms with van der Waals surface area (Å²) < 4.78 is 39.6. The van der Waals surface area contributed by atoms with Gasteiger partial charge in [0.2, 0.25) is 10.0 Å². The molecule has 0 amide bonds. The van der Waals surface area contributed by atoms with E-state index in [0.717, 1.165) is 12.8 Å². The zero-order valence-electron chi connectivity index (χ0n) is 12.2. The zero-order chi connectivity index (χ0) is 15.6. The monoisotopic (exact) mass is 319 g/mol. The molecule has 0 radical (unpaired) electrons. The van der Waals surface area contributed by atoms with E-state index in [1.54, 1.807) is 0 Å². The number of halogens is 1. The lowest BCUT2D eigenvalue weighted by Crippen LogP contribution is -2.29. The van der Waals surface area contributed by atoms with Gasteiger partial charge in [-0.1, -0.05) is 30.3 Å². The predicted octanol–water partition coefficient (Wildman–Crippen LogP) is 3.08. The molecule has 0 bridgehead atoms. The van der Waals surface area contributed by atoms with E-state index in [-0.39, 0.29) is 4.90 Å². The first-order chi connectivity index (χ1) is 10.6. The standard InChI is InChI=1S/C17H18FNO2S/c18-16-6-8-17(9-7-16)22(20,21)19-11-10-15(13-19)12-14-4-2-1-3-5-14/h1-9,15H,10-13H2. The van der Waals surface area contributed by atoms with Crippen LogP contribution in [0.4, 0.5) is 4.39 Å². The molecule has 2 aromatic carbocycles. The zero-order valence-corrected chi connectivity index (χ0v) is 13.0. The van der Waals surface area contributed by atoms with Crippen molar-refractivity contribution in [1.82, 2.24) is 4.31 Å². The van der Waals surface area contributed by atoms with Crippen LogP contribution in [0.25, 0.3) is 0 Å². The minimum Gasteiger partial charge on any atom is -0.207 e. The molecule has 3 rings (SSSR count). The van der Waals surface area contributed by atoms with Crippen molar-refractivity contribution in [2.45, 2.75) is 17.7 Å². The highest BCUT2D eigenvalue weighted by Gasteiger charge is 2.32. The van der Waals surface area contributed by atoms with Crippen molar-refractivity contribution < 1.29 is 12.8 Å². The smallest absolute Gasteiger partial charge is 0.207 e. The first kappa shape index (κ1) is 15.2. The molecule has 0 saturated carbocycles. The summed E-state index contributed by atoms with van der Waals surface area (Å²) >= 11 is 0. The van der Waals surface area contributed by atoms with Gasteiger partial charge in [0.1, 0.15) is 5.82 Å². The maximum atomic E-state index is 12.9. The fourth-order valence-electron chi connectivity index (χ4n) is 2.89. The van der Waals surface area contributed by atoms with Crippen molar-refractivity contribution in [1.29, 1.82) is 0 Å². The minimum absolute atomic E-state index is 0.161. The van der Waals surface area contributed by atoms with E-state index < -0.39 is 15.8 Å². The molecular formula is C17H18FNO2S.